The fourth-order valence-corrected chi connectivity index (χ4v) is 6.73. The highest BCUT2D eigenvalue weighted by Gasteiger charge is 2.34. The van der Waals surface area contributed by atoms with Gasteiger partial charge < -0.3 is 15.0 Å². The molecule has 0 aliphatic heterocycles. The van der Waals surface area contributed by atoms with Gasteiger partial charge in [-0.1, -0.05) is 67.8 Å². The maximum atomic E-state index is 14.2. The first-order valence-electron chi connectivity index (χ1n) is 14.1. The molecule has 9 heteroatoms. The molecule has 1 N–H and O–H groups in total. The van der Waals surface area contributed by atoms with Gasteiger partial charge in [-0.25, -0.2) is 8.42 Å². The third-order valence-corrected chi connectivity index (χ3v) is 9.28. The van der Waals surface area contributed by atoms with E-state index in [1.54, 1.807) is 42.5 Å². The van der Waals surface area contributed by atoms with Gasteiger partial charge in [0.1, 0.15) is 18.3 Å². The van der Waals surface area contributed by atoms with E-state index < -0.39 is 28.5 Å². The minimum atomic E-state index is -4.11. The molecule has 1 aliphatic carbocycles. The molecule has 1 atom stereocenters. The fraction of sp³-hybridized carbons (Fsp3) is 0.375. The number of aryl methyl sites for hydroxylation is 1. The lowest BCUT2D eigenvalue weighted by Gasteiger charge is -2.34. The van der Waals surface area contributed by atoms with Crippen molar-refractivity contribution in [2.45, 2.75) is 69.5 Å². The number of hydrogen-bond acceptors (Lipinski definition) is 5. The van der Waals surface area contributed by atoms with Crippen molar-refractivity contribution in [3.63, 3.8) is 0 Å². The third-order valence-electron chi connectivity index (χ3n) is 7.49. The molecule has 3 aromatic carbocycles. The lowest BCUT2D eigenvalue weighted by Crippen LogP contribution is -2.53. The fourth-order valence-electron chi connectivity index (χ4n) is 5.29. The average Bonchev–Trinajstić information content (AvgIpc) is 3.49. The molecule has 218 valence electrons. The summed E-state index contributed by atoms with van der Waals surface area (Å²) in [5.74, 6) is -0.106. The number of benzene rings is 3. The maximum absolute atomic E-state index is 14.2. The van der Waals surface area contributed by atoms with Crippen LogP contribution < -0.4 is 14.4 Å². The molecule has 3 aromatic rings. The topological polar surface area (TPSA) is 96.0 Å². The van der Waals surface area contributed by atoms with Crippen LogP contribution in [-0.4, -0.2) is 50.9 Å². The van der Waals surface area contributed by atoms with Crippen LogP contribution in [0.25, 0.3) is 0 Å². The molecule has 0 aromatic heterocycles. The molecule has 2 amide bonds. The third kappa shape index (κ3) is 7.47. The molecule has 0 heterocycles. The summed E-state index contributed by atoms with van der Waals surface area (Å²) in [5, 5.41) is 3.14. The molecule has 0 spiro atoms. The molecule has 1 fully saturated rings. The Labute approximate surface area is 243 Å². The van der Waals surface area contributed by atoms with Gasteiger partial charge in [0.25, 0.3) is 10.0 Å². The van der Waals surface area contributed by atoms with E-state index >= 15 is 0 Å². The van der Waals surface area contributed by atoms with Crippen LogP contribution in [0.3, 0.4) is 0 Å². The Kier molecular flexibility index (Phi) is 10.0. The SMILES string of the molecule is CC[C@@H](C(=O)NC1CCCC1)N(Cc1cccc(C)c1)C(=O)CN(c1ccc(OC)cc1)S(=O)(=O)c1ccccc1. The highest BCUT2D eigenvalue weighted by atomic mass is 32.2. The van der Waals surface area contributed by atoms with Crippen molar-refractivity contribution in [1.29, 1.82) is 0 Å². The minimum Gasteiger partial charge on any atom is -0.497 e. The van der Waals surface area contributed by atoms with Crippen LogP contribution in [-0.2, 0) is 26.2 Å². The molecule has 8 nitrogen and oxygen atoms in total. The summed E-state index contributed by atoms with van der Waals surface area (Å²) >= 11 is 0. The first kappa shape index (κ1) is 30.1. The highest BCUT2D eigenvalue weighted by Crippen LogP contribution is 2.27. The lowest BCUT2D eigenvalue weighted by atomic mass is 10.1. The van der Waals surface area contributed by atoms with E-state index in [1.807, 2.05) is 38.1 Å². The predicted molar refractivity (Wildman–Crippen MR) is 160 cm³/mol. The summed E-state index contributed by atoms with van der Waals surface area (Å²) in [6.07, 6.45) is 4.39. The summed E-state index contributed by atoms with van der Waals surface area (Å²) in [5.41, 5.74) is 2.22. The van der Waals surface area contributed by atoms with Gasteiger partial charge in [-0.2, -0.15) is 0 Å². The predicted octanol–water partition coefficient (Wildman–Crippen LogP) is 5.07. The van der Waals surface area contributed by atoms with Crippen LogP contribution in [0, 0.1) is 6.92 Å². The zero-order valence-electron chi connectivity index (χ0n) is 24.0. The van der Waals surface area contributed by atoms with Crippen LogP contribution in [0.1, 0.15) is 50.2 Å². The van der Waals surface area contributed by atoms with Gasteiger partial charge in [-0.3, -0.25) is 13.9 Å². The van der Waals surface area contributed by atoms with E-state index in [-0.39, 0.29) is 23.4 Å². The second-order valence-corrected chi connectivity index (χ2v) is 12.3. The Morgan fingerprint density at radius 3 is 2.27 bits per heavy atom. The number of methoxy groups -OCH3 is 1. The number of hydrogen-bond donors (Lipinski definition) is 1. The Bertz CT molecular complexity index is 1420. The molecular formula is C32H39N3O5S. The molecule has 0 bridgehead atoms. The number of rotatable bonds is 12. The average molecular weight is 578 g/mol. The van der Waals surface area contributed by atoms with Crippen LogP contribution in [0.15, 0.2) is 83.8 Å². The smallest absolute Gasteiger partial charge is 0.264 e. The minimum absolute atomic E-state index is 0.0693. The van der Waals surface area contributed by atoms with E-state index in [0.717, 1.165) is 41.1 Å². The Morgan fingerprint density at radius 2 is 1.66 bits per heavy atom. The van der Waals surface area contributed by atoms with Crippen molar-refractivity contribution >= 4 is 27.5 Å². The van der Waals surface area contributed by atoms with Gasteiger partial charge in [-0.05, 0) is 68.1 Å². The lowest BCUT2D eigenvalue weighted by molar-refractivity contribution is -0.140. The highest BCUT2D eigenvalue weighted by molar-refractivity contribution is 7.92. The molecule has 4 rings (SSSR count). The molecule has 1 aliphatic rings. The van der Waals surface area contributed by atoms with Crippen LogP contribution in [0.5, 0.6) is 5.75 Å². The molecule has 0 radical (unpaired) electrons. The first-order chi connectivity index (χ1) is 19.7. The van der Waals surface area contributed by atoms with E-state index in [1.165, 1.54) is 24.1 Å². The summed E-state index contributed by atoms with van der Waals surface area (Å²) in [6.45, 7) is 3.55. The number of carbonyl (C=O) groups excluding carboxylic acids is 2. The Balaban J connectivity index is 1.71. The van der Waals surface area contributed by atoms with Crippen molar-refractivity contribution in [2.75, 3.05) is 18.0 Å². The largest absolute Gasteiger partial charge is 0.497 e. The van der Waals surface area contributed by atoms with Crippen molar-refractivity contribution in [1.82, 2.24) is 10.2 Å². The quantitative estimate of drug-likeness (QED) is 0.325. The number of anilines is 1. The van der Waals surface area contributed by atoms with Crippen molar-refractivity contribution in [3.05, 3.63) is 90.0 Å². The monoisotopic (exact) mass is 577 g/mol. The Hall–Kier alpha value is -3.85. The summed E-state index contributed by atoms with van der Waals surface area (Å²) in [7, 11) is -2.58. The van der Waals surface area contributed by atoms with Gasteiger partial charge in [-0.15, -0.1) is 0 Å². The van der Waals surface area contributed by atoms with E-state index in [2.05, 4.69) is 5.32 Å². The number of nitrogens with one attached hydrogen (secondary N) is 1. The normalized spacial score (nSPS) is 14.3. The molecular weight excluding hydrogens is 538 g/mol. The van der Waals surface area contributed by atoms with Crippen LogP contribution >= 0.6 is 0 Å². The van der Waals surface area contributed by atoms with Crippen molar-refractivity contribution in [2.24, 2.45) is 0 Å². The summed E-state index contributed by atoms with van der Waals surface area (Å²) < 4.78 is 34.2. The van der Waals surface area contributed by atoms with Crippen molar-refractivity contribution < 1.29 is 22.7 Å². The van der Waals surface area contributed by atoms with E-state index in [9.17, 15) is 18.0 Å². The summed E-state index contributed by atoms with van der Waals surface area (Å²) in [6, 6.07) is 21.7. The van der Waals surface area contributed by atoms with Crippen molar-refractivity contribution in [3.8, 4) is 5.75 Å². The number of ether oxygens (including phenoxy) is 1. The zero-order chi connectivity index (χ0) is 29.4. The molecule has 0 saturated heterocycles. The number of nitrogens with zero attached hydrogens (tertiary/aromatic N) is 2. The zero-order valence-corrected chi connectivity index (χ0v) is 24.8. The molecule has 0 unspecified atom stereocenters. The van der Waals surface area contributed by atoms with E-state index in [4.69, 9.17) is 4.74 Å². The number of sulfonamides is 1. The first-order valence-corrected chi connectivity index (χ1v) is 15.5. The number of carbonyl (C=O) groups is 2. The van der Waals surface area contributed by atoms with Gasteiger partial charge in [0.2, 0.25) is 11.8 Å². The summed E-state index contributed by atoms with van der Waals surface area (Å²) in [4.78, 5) is 29.3. The molecule has 41 heavy (non-hydrogen) atoms. The molecule has 1 saturated carbocycles. The van der Waals surface area contributed by atoms with Crippen LogP contribution in [0.4, 0.5) is 5.69 Å². The Morgan fingerprint density at radius 1 is 0.976 bits per heavy atom. The van der Waals surface area contributed by atoms with Gasteiger partial charge in [0.15, 0.2) is 0 Å². The maximum Gasteiger partial charge on any atom is 0.264 e. The number of amides is 2. The van der Waals surface area contributed by atoms with Gasteiger partial charge in [0, 0.05) is 12.6 Å². The van der Waals surface area contributed by atoms with Crippen LogP contribution in [0.2, 0.25) is 0 Å². The van der Waals surface area contributed by atoms with Gasteiger partial charge >= 0.3 is 0 Å². The van der Waals surface area contributed by atoms with E-state index in [0.29, 0.717) is 17.9 Å². The second kappa shape index (κ2) is 13.7. The van der Waals surface area contributed by atoms with Gasteiger partial charge in [0.05, 0.1) is 17.7 Å². The standard InChI is InChI=1S/C32H39N3O5S/c1-4-30(32(37)33-26-13-8-9-14-26)34(22-25-12-10-11-24(2)21-25)31(36)23-35(27-17-19-28(40-3)20-18-27)41(38,39)29-15-6-5-7-16-29/h5-7,10-12,15-21,26,30H,4,8-9,13-14,22-23H2,1-3H3,(H,33,37)/t30-/m0/s1. The second-order valence-electron chi connectivity index (χ2n) is 10.4.